The lowest BCUT2D eigenvalue weighted by Crippen LogP contribution is -2.47. The van der Waals surface area contributed by atoms with Gasteiger partial charge in [-0.3, -0.25) is 9.97 Å². The molecular weight excluding hydrogens is 461 g/mol. The second-order valence-corrected chi connectivity index (χ2v) is 8.02. The lowest BCUT2D eigenvalue weighted by Gasteiger charge is -2.35. The fourth-order valence-corrected chi connectivity index (χ4v) is 3.66. The predicted octanol–water partition coefficient (Wildman–Crippen LogP) is 4.55. The van der Waals surface area contributed by atoms with Crippen molar-refractivity contribution in [3.8, 4) is 5.75 Å². The van der Waals surface area contributed by atoms with Crippen LogP contribution in [0, 0.1) is 6.92 Å². The van der Waals surface area contributed by atoms with Crippen molar-refractivity contribution >= 4 is 11.6 Å². The van der Waals surface area contributed by atoms with Gasteiger partial charge in [-0.1, -0.05) is 48.9 Å². The molecule has 0 amide bonds. The summed E-state index contributed by atoms with van der Waals surface area (Å²) < 4.78 is 47.7. The summed E-state index contributed by atoms with van der Waals surface area (Å²) in [6, 6.07) is 10.6. The van der Waals surface area contributed by atoms with Gasteiger partial charge in [0.1, 0.15) is 18.1 Å². The molecule has 0 bridgehead atoms. The zero-order chi connectivity index (χ0) is 24.4. The molecule has 3 aromatic rings. The molecule has 10 heteroatoms. The highest BCUT2D eigenvalue weighted by molar-refractivity contribution is 6.31. The maximum atomic E-state index is 14.0. The number of rotatable bonds is 7. The molecule has 6 nitrogen and oxygen atoms in total. The van der Waals surface area contributed by atoms with Crippen LogP contribution >= 0.6 is 11.6 Å². The molecule has 1 heterocycles. The largest absolute Gasteiger partial charge is 0.489 e. The summed E-state index contributed by atoms with van der Waals surface area (Å²) in [4.78, 5) is 7.60. The SMILES string of the molecule is Cc1cnc([C@@](O)([C@@H](C)c2ccc(OCc3ccc(C(O)O)cc3)cc2Cl)C(F)(F)F)cn1. The molecule has 3 rings (SSSR count). The molecular formula is C23H22ClF3N2O4. The topological polar surface area (TPSA) is 95.7 Å². The van der Waals surface area contributed by atoms with Gasteiger partial charge in [0.2, 0.25) is 5.60 Å². The highest BCUT2D eigenvalue weighted by Crippen LogP contribution is 2.49. The number of hydrogen-bond donors (Lipinski definition) is 3. The van der Waals surface area contributed by atoms with E-state index < -0.39 is 29.7 Å². The standard InChI is InChI=1S/C23H22ClF3N2O4/c1-13-10-29-20(11-28-13)22(32,23(25,26)27)14(2)18-8-7-17(9-19(18)24)33-12-15-3-5-16(6-4-15)21(30)31/h3-11,14,21,30-32H,12H2,1-2H3/t14-,22-/m0/s1. The molecule has 0 saturated heterocycles. The molecule has 0 fully saturated rings. The number of benzene rings is 2. The molecule has 176 valence electrons. The Morgan fingerprint density at radius 2 is 1.70 bits per heavy atom. The second kappa shape index (κ2) is 9.64. The molecule has 2 aromatic carbocycles. The van der Waals surface area contributed by atoms with Gasteiger partial charge in [-0.2, -0.15) is 13.2 Å². The zero-order valence-corrected chi connectivity index (χ0v) is 18.5. The molecule has 0 aliphatic heterocycles. The molecule has 0 aliphatic rings. The number of aryl methyl sites for hydroxylation is 1. The molecule has 3 N–H and O–H groups in total. The second-order valence-electron chi connectivity index (χ2n) is 7.62. The minimum absolute atomic E-state index is 0.0125. The van der Waals surface area contributed by atoms with E-state index in [0.717, 1.165) is 18.0 Å². The van der Waals surface area contributed by atoms with Gasteiger partial charge in [0, 0.05) is 22.7 Å². The van der Waals surface area contributed by atoms with Crippen LogP contribution in [0.25, 0.3) is 0 Å². The van der Waals surface area contributed by atoms with Gasteiger partial charge in [-0.15, -0.1) is 0 Å². The lowest BCUT2D eigenvalue weighted by atomic mass is 9.80. The Kier molecular flexibility index (Phi) is 7.28. The smallest absolute Gasteiger partial charge is 0.423 e. The highest BCUT2D eigenvalue weighted by Gasteiger charge is 2.60. The van der Waals surface area contributed by atoms with Crippen molar-refractivity contribution in [3.05, 3.63) is 88.0 Å². The number of hydrogen-bond acceptors (Lipinski definition) is 6. The minimum atomic E-state index is -5.04. The Morgan fingerprint density at radius 1 is 1.03 bits per heavy atom. The maximum Gasteiger partial charge on any atom is 0.423 e. The van der Waals surface area contributed by atoms with Gasteiger partial charge in [-0.25, -0.2) is 0 Å². The van der Waals surface area contributed by atoms with Gasteiger partial charge in [0.15, 0.2) is 6.29 Å². The Hall–Kier alpha value is -2.72. The number of aliphatic hydroxyl groups excluding tert-OH is 1. The van der Waals surface area contributed by atoms with E-state index in [-0.39, 0.29) is 17.2 Å². The Bertz CT molecular complexity index is 1090. The van der Waals surface area contributed by atoms with Crippen molar-refractivity contribution in [1.29, 1.82) is 0 Å². The van der Waals surface area contributed by atoms with Crippen molar-refractivity contribution in [3.63, 3.8) is 0 Å². The highest BCUT2D eigenvalue weighted by atomic mass is 35.5. The Balaban J connectivity index is 1.83. The summed E-state index contributed by atoms with van der Waals surface area (Å²) in [6.45, 7) is 2.92. The van der Waals surface area contributed by atoms with E-state index in [1.54, 1.807) is 19.1 Å². The third-order valence-electron chi connectivity index (χ3n) is 5.35. The fraction of sp³-hybridized carbons (Fsp3) is 0.304. The minimum Gasteiger partial charge on any atom is -0.489 e. The normalized spacial score (nSPS) is 14.7. The summed E-state index contributed by atoms with van der Waals surface area (Å²) in [7, 11) is 0. The van der Waals surface area contributed by atoms with Gasteiger partial charge in [-0.05, 0) is 30.2 Å². The van der Waals surface area contributed by atoms with Crippen molar-refractivity contribution in [2.45, 2.75) is 44.4 Å². The first-order chi connectivity index (χ1) is 15.4. The van der Waals surface area contributed by atoms with Crippen molar-refractivity contribution in [1.82, 2.24) is 9.97 Å². The van der Waals surface area contributed by atoms with Crippen LogP contribution in [0.4, 0.5) is 13.2 Å². The van der Waals surface area contributed by atoms with Crippen molar-refractivity contribution in [2.24, 2.45) is 0 Å². The van der Waals surface area contributed by atoms with Crippen molar-refractivity contribution in [2.75, 3.05) is 0 Å². The zero-order valence-electron chi connectivity index (χ0n) is 17.7. The van der Waals surface area contributed by atoms with E-state index in [1.807, 2.05) is 0 Å². The molecule has 0 spiro atoms. The average Bonchev–Trinajstić information content (AvgIpc) is 2.76. The van der Waals surface area contributed by atoms with Crippen LogP contribution in [0.1, 0.15) is 47.2 Å². The quantitative estimate of drug-likeness (QED) is 0.427. The number of aromatic nitrogens is 2. The Labute approximate surface area is 193 Å². The number of aliphatic hydroxyl groups is 3. The van der Waals surface area contributed by atoms with E-state index >= 15 is 0 Å². The van der Waals surface area contributed by atoms with Gasteiger partial charge < -0.3 is 20.1 Å². The van der Waals surface area contributed by atoms with Crippen LogP contribution < -0.4 is 4.74 Å². The summed E-state index contributed by atoms with van der Waals surface area (Å²) >= 11 is 6.28. The van der Waals surface area contributed by atoms with Crippen LogP contribution in [0.5, 0.6) is 5.75 Å². The molecule has 2 atom stereocenters. The first-order valence-corrected chi connectivity index (χ1v) is 10.3. The van der Waals surface area contributed by atoms with Gasteiger partial charge in [0.05, 0.1) is 11.9 Å². The molecule has 0 unspecified atom stereocenters. The maximum absolute atomic E-state index is 14.0. The van der Waals surface area contributed by atoms with E-state index in [9.17, 15) is 18.3 Å². The molecule has 0 saturated carbocycles. The average molecular weight is 483 g/mol. The van der Waals surface area contributed by atoms with Crippen LogP contribution in [0.15, 0.2) is 54.9 Å². The summed E-state index contributed by atoms with van der Waals surface area (Å²) in [6.07, 6.45) is -4.55. The summed E-state index contributed by atoms with van der Waals surface area (Å²) in [5.41, 5.74) is -2.39. The monoisotopic (exact) mass is 482 g/mol. The summed E-state index contributed by atoms with van der Waals surface area (Å²) in [5.74, 6) is -1.18. The number of halogens is 4. The summed E-state index contributed by atoms with van der Waals surface area (Å²) in [5, 5.41) is 29.0. The van der Waals surface area contributed by atoms with Gasteiger partial charge >= 0.3 is 6.18 Å². The van der Waals surface area contributed by atoms with E-state index in [4.69, 9.17) is 26.6 Å². The molecule has 33 heavy (non-hydrogen) atoms. The molecule has 0 radical (unpaired) electrons. The number of ether oxygens (including phenoxy) is 1. The van der Waals surface area contributed by atoms with E-state index in [2.05, 4.69) is 9.97 Å². The number of alkyl halides is 3. The van der Waals surface area contributed by atoms with Crippen LogP contribution in [-0.2, 0) is 12.2 Å². The third kappa shape index (κ3) is 5.27. The first-order valence-electron chi connectivity index (χ1n) is 9.89. The Morgan fingerprint density at radius 3 is 2.21 bits per heavy atom. The number of nitrogens with zero attached hydrogens (tertiary/aromatic N) is 2. The molecule has 0 aliphatic carbocycles. The predicted molar refractivity (Wildman–Crippen MR) is 115 cm³/mol. The van der Waals surface area contributed by atoms with Crippen LogP contribution in [-0.4, -0.2) is 31.5 Å². The third-order valence-corrected chi connectivity index (χ3v) is 5.68. The fourth-order valence-electron chi connectivity index (χ4n) is 3.33. The van der Waals surface area contributed by atoms with Crippen LogP contribution in [0.3, 0.4) is 0 Å². The first kappa shape index (κ1) is 24.9. The van der Waals surface area contributed by atoms with E-state index in [1.165, 1.54) is 37.3 Å². The van der Waals surface area contributed by atoms with E-state index in [0.29, 0.717) is 17.0 Å². The van der Waals surface area contributed by atoms with Crippen LogP contribution in [0.2, 0.25) is 5.02 Å². The van der Waals surface area contributed by atoms with Gasteiger partial charge in [0.25, 0.3) is 0 Å². The lowest BCUT2D eigenvalue weighted by molar-refractivity contribution is -0.276. The van der Waals surface area contributed by atoms with Crippen molar-refractivity contribution < 1.29 is 33.2 Å². The molecule has 1 aromatic heterocycles.